The minimum Gasteiger partial charge on any atom is -0.206 e. The van der Waals surface area contributed by atoms with Crippen LogP contribution in [0.2, 0.25) is 0 Å². The SMILES string of the molecule is CSc1cccc(-c2c(F)cccc2Br)c1. The monoisotopic (exact) mass is 296 g/mol. The molecular formula is C13H10BrFS. The van der Waals surface area contributed by atoms with Crippen molar-refractivity contribution in [3.8, 4) is 11.1 Å². The van der Waals surface area contributed by atoms with Crippen LogP contribution in [0.5, 0.6) is 0 Å². The molecule has 0 fully saturated rings. The van der Waals surface area contributed by atoms with Gasteiger partial charge >= 0.3 is 0 Å². The molecule has 2 rings (SSSR count). The largest absolute Gasteiger partial charge is 0.206 e. The van der Waals surface area contributed by atoms with E-state index < -0.39 is 0 Å². The lowest BCUT2D eigenvalue weighted by Gasteiger charge is -2.07. The van der Waals surface area contributed by atoms with Gasteiger partial charge in [-0.3, -0.25) is 0 Å². The Kier molecular flexibility index (Phi) is 3.66. The van der Waals surface area contributed by atoms with E-state index in [1.807, 2.05) is 36.6 Å². The number of benzene rings is 2. The van der Waals surface area contributed by atoms with Crippen LogP contribution in [-0.4, -0.2) is 6.26 Å². The second kappa shape index (κ2) is 5.02. The minimum absolute atomic E-state index is 0.201. The molecule has 2 aromatic rings. The number of halogens is 2. The van der Waals surface area contributed by atoms with Crippen molar-refractivity contribution in [2.45, 2.75) is 4.90 Å². The van der Waals surface area contributed by atoms with Crippen LogP contribution in [0.4, 0.5) is 4.39 Å². The fourth-order valence-electron chi connectivity index (χ4n) is 1.55. The lowest BCUT2D eigenvalue weighted by Crippen LogP contribution is -1.86. The predicted molar refractivity (Wildman–Crippen MR) is 71.3 cm³/mol. The Morgan fingerprint density at radius 2 is 1.88 bits per heavy atom. The van der Waals surface area contributed by atoms with Gasteiger partial charge in [0.2, 0.25) is 0 Å². The Morgan fingerprint density at radius 3 is 2.56 bits per heavy atom. The van der Waals surface area contributed by atoms with Gasteiger partial charge < -0.3 is 0 Å². The third-order valence-corrected chi connectivity index (χ3v) is 3.71. The van der Waals surface area contributed by atoms with Gasteiger partial charge in [0, 0.05) is 14.9 Å². The van der Waals surface area contributed by atoms with E-state index in [0.29, 0.717) is 5.56 Å². The Labute approximate surface area is 107 Å². The first-order valence-electron chi connectivity index (χ1n) is 4.81. The lowest BCUT2D eigenvalue weighted by molar-refractivity contribution is 0.630. The highest BCUT2D eigenvalue weighted by molar-refractivity contribution is 9.10. The second-order valence-electron chi connectivity index (χ2n) is 3.33. The Morgan fingerprint density at radius 1 is 1.12 bits per heavy atom. The van der Waals surface area contributed by atoms with Gasteiger partial charge in [-0.25, -0.2) is 4.39 Å². The van der Waals surface area contributed by atoms with Gasteiger partial charge in [-0.15, -0.1) is 11.8 Å². The molecule has 0 aromatic heterocycles. The maximum Gasteiger partial charge on any atom is 0.132 e. The van der Waals surface area contributed by atoms with Gasteiger partial charge in [0.25, 0.3) is 0 Å². The zero-order valence-electron chi connectivity index (χ0n) is 8.71. The average Bonchev–Trinajstić information content (AvgIpc) is 2.29. The molecular weight excluding hydrogens is 287 g/mol. The Balaban J connectivity index is 2.58. The lowest BCUT2D eigenvalue weighted by atomic mass is 10.1. The predicted octanol–water partition coefficient (Wildman–Crippen LogP) is 4.98. The molecule has 82 valence electrons. The van der Waals surface area contributed by atoms with Crippen LogP contribution in [0, 0.1) is 5.82 Å². The van der Waals surface area contributed by atoms with E-state index >= 15 is 0 Å². The standard InChI is InChI=1S/C13H10BrFS/c1-16-10-5-2-4-9(8-10)13-11(14)6-3-7-12(13)15/h2-8H,1H3. The van der Waals surface area contributed by atoms with Crippen LogP contribution >= 0.6 is 27.7 Å². The smallest absolute Gasteiger partial charge is 0.132 e. The van der Waals surface area contributed by atoms with Gasteiger partial charge in [-0.1, -0.05) is 34.1 Å². The zero-order chi connectivity index (χ0) is 11.5. The summed E-state index contributed by atoms with van der Waals surface area (Å²) in [6.45, 7) is 0. The second-order valence-corrected chi connectivity index (χ2v) is 5.06. The molecule has 0 aliphatic carbocycles. The normalized spacial score (nSPS) is 10.4. The highest BCUT2D eigenvalue weighted by Gasteiger charge is 2.09. The van der Waals surface area contributed by atoms with Crippen LogP contribution in [0.1, 0.15) is 0 Å². The molecule has 0 spiro atoms. The van der Waals surface area contributed by atoms with Gasteiger partial charge in [0.05, 0.1) is 0 Å². The summed E-state index contributed by atoms with van der Waals surface area (Å²) < 4.78 is 14.5. The van der Waals surface area contributed by atoms with Gasteiger partial charge in [-0.05, 0) is 36.1 Å². The summed E-state index contributed by atoms with van der Waals surface area (Å²) in [7, 11) is 0. The van der Waals surface area contributed by atoms with E-state index in [1.165, 1.54) is 6.07 Å². The van der Waals surface area contributed by atoms with E-state index in [2.05, 4.69) is 15.9 Å². The summed E-state index contributed by atoms with van der Waals surface area (Å²) in [5.41, 5.74) is 1.52. The van der Waals surface area contributed by atoms with E-state index in [0.717, 1.165) is 14.9 Å². The molecule has 0 heterocycles. The first kappa shape index (κ1) is 11.7. The highest BCUT2D eigenvalue weighted by atomic mass is 79.9. The molecule has 0 atom stereocenters. The molecule has 2 aromatic carbocycles. The molecule has 3 heteroatoms. The van der Waals surface area contributed by atoms with Crippen LogP contribution in [0.15, 0.2) is 51.8 Å². The average molecular weight is 297 g/mol. The number of hydrogen-bond donors (Lipinski definition) is 0. The first-order chi connectivity index (χ1) is 7.72. The summed E-state index contributed by atoms with van der Waals surface area (Å²) in [4.78, 5) is 1.13. The van der Waals surface area contributed by atoms with Crippen LogP contribution < -0.4 is 0 Å². The molecule has 16 heavy (non-hydrogen) atoms. The van der Waals surface area contributed by atoms with Crippen molar-refractivity contribution < 1.29 is 4.39 Å². The number of hydrogen-bond acceptors (Lipinski definition) is 1. The van der Waals surface area contributed by atoms with E-state index in [1.54, 1.807) is 17.8 Å². The molecule has 0 N–H and O–H groups in total. The maximum atomic E-state index is 13.7. The molecule has 0 aliphatic heterocycles. The van der Waals surface area contributed by atoms with Crippen molar-refractivity contribution in [1.82, 2.24) is 0 Å². The summed E-state index contributed by atoms with van der Waals surface area (Å²) in [6.07, 6.45) is 2.01. The van der Waals surface area contributed by atoms with Crippen molar-refractivity contribution in [3.63, 3.8) is 0 Å². The molecule has 0 saturated carbocycles. The van der Waals surface area contributed by atoms with E-state index in [4.69, 9.17) is 0 Å². The third-order valence-electron chi connectivity index (χ3n) is 2.32. The summed E-state index contributed by atoms with van der Waals surface area (Å²) in [6, 6.07) is 12.9. The van der Waals surface area contributed by atoms with Crippen LogP contribution in [0.25, 0.3) is 11.1 Å². The molecule has 0 amide bonds. The highest BCUT2D eigenvalue weighted by Crippen LogP contribution is 2.32. The van der Waals surface area contributed by atoms with Crippen molar-refractivity contribution in [1.29, 1.82) is 0 Å². The first-order valence-corrected chi connectivity index (χ1v) is 6.82. The summed E-state index contributed by atoms with van der Waals surface area (Å²) in [5.74, 6) is -0.201. The molecule has 0 saturated heterocycles. The fraction of sp³-hybridized carbons (Fsp3) is 0.0769. The Bertz CT molecular complexity index is 491. The maximum absolute atomic E-state index is 13.7. The van der Waals surface area contributed by atoms with Crippen molar-refractivity contribution in [3.05, 3.63) is 52.8 Å². The molecule has 0 radical (unpaired) electrons. The van der Waals surface area contributed by atoms with Gasteiger partial charge in [-0.2, -0.15) is 0 Å². The quantitative estimate of drug-likeness (QED) is 0.705. The minimum atomic E-state index is -0.201. The zero-order valence-corrected chi connectivity index (χ0v) is 11.1. The van der Waals surface area contributed by atoms with Crippen LogP contribution in [-0.2, 0) is 0 Å². The topological polar surface area (TPSA) is 0 Å². The Hall–Kier alpha value is -0.800. The van der Waals surface area contributed by atoms with Gasteiger partial charge in [0.15, 0.2) is 0 Å². The summed E-state index contributed by atoms with van der Waals surface area (Å²) in [5, 5.41) is 0. The summed E-state index contributed by atoms with van der Waals surface area (Å²) >= 11 is 5.04. The van der Waals surface area contributed by atoms with Crippen molar-refractivity contribution >= 4 is 27.7 Å². The number of thioether (sulfide) groups is 1. The molecule has 0 bridgehead atoms. The van der Waals surface area contributed by atoms with Crippen molar-refractivity contribution in [2.75, 3.05) is 6.26 Å². The fourth-order valence-corrected chi connectivity index (χ4v) is 2.58. The van der Waals surface area contributed by atoms with Gasteiger partial charge in [0.1, 0.15) is 5.82 Å². The molecule has 0 unspecified atom stereocenters. The number of rotatable bonds is 2. The van der Waals surface area contributed by atoms with Crippen LogP contribution in [0.3, 0.4) is 0 Å². The molecule has 0 aliphatic rings. The third kappa shape index (κ3) is 2.30. The van der Waals surface area contributed by atoms with E-state index in [9.17, 15) is 4.39 Å². The van der Waals surface area contributed by atoms with Crippen molar-refractivity contribution in [2.24, 2.45) is 0 Å². The van der Waals surface area contributed by atoms with E-state index in [-0.39, 0.29) is 5.82 Å². The molecule has 0 nitrogen and oxygen atoms in total.